The lowest BCUT2D eigenvalue weighted by Crippen LogP contribution is -2.27. The molecule has 3 atom stereocenters. The van der Waals surface area contributed by atoms with Crippen molar-refractivity contribution in [2.24, 2.45) is 11.8 Å². The second kappa shape index (κ2) is 6.67. The van der Waals surface area contributed by atoms with Gasteiger partial charge in [0, 0.05) is 6.04 Å². The van der Waals surface area contributed by atoms with Crippen molar-refractivity contribution in [1.29, 1.82) is 0 Å². The number of rotatable bonds is 4. The van der Waals surface area contributed by atoms with Crippen LogP contribution in [0.4, 0.5) is 0 Å². The number of nitrogens with one attached hydrogen (secondary N) is 1. The van der Waals surface area contributed by atoms with Crippen LogP contribution in [0.5, 0.6) is 0 Å². The van der Waals surface area contributed by atoms with E-state index in [-0.39, 0.29) is 6.04 Å². The van der Waals surface area contributed by atoms with Gasteiger partial charge in [-0.2, -0.15) is 0 Å². The largest absolute Gasteiger partial charge is 0.310 e. The second-order valence-electron chi connectivity index (χ2n) is 5.56. The van der Waals surface area contributed by atoms with E-state index in [4.69, 9.17) is 34.8 Å². The summed E-state index contributed by atoms with van der Waals surface area (Å²) in [5.74, 6) is 1.60. The Bertz CT molecular complexity index is 447. The minimum Gasteiger partial charge on any atom is -0.310 e. The molecular weight excluding hydrogens is 301 g/mol. The van der Waals surface area contributed by atoms with E-state index in [9.17, 15) is 0 Å². The first-order chi connectivity index (χ1) is 9.00. The third-order valence-corrected chi connectivity index (χ3v) is 5.57. The van der Waals surface area contributed by atoms with Gasteiger partial charge in [0.2, 0.25) is 0 Å². The van der Waals surface area contributed by atoms with Crippen LogP contribution in [-0.2, 0) is 0 Å². The summed E-state index contributed by atoms with van der Waals surface area (Å²) in [4.78, 5) is 0. The molecule has 106 valence electrons. The highest BCUT2D eigenvalue weighted by molar-refractivity contribution is 6.48. The first-order valence-electron chi connectivity index (χ1n) is 6.87. The van der Waals surface area contributed by atoms with E-state index < -0.39 is 0 Å². The molecule has 1 saturated carbocycles. The first-order valence-corrected chi connectivity index (χ1v) is 8.01. The molecule has 1 aromatic carbocycles. The maximum absolute atomic E-state index is 6.26. The Morgan fingerprint density at radius 1 is 1.21 bits per heavy atom. The Morgan fingerprint density at radius 3 is 2.58 bits per heavy atom. The molecule has 1 fully saturated rings. The fourth-order valence-corrected chi connectivity index (χ4v) is 3.55. The van der Waals surface area contributed by atoms with Crippen LogP contribution in [0.2, 0.25) is 15.1 Å². The Morgan fingerprint density at radius 2 is 1.95 bits per heavy atom. The maximum Gasteiger partial charge on any atom is 0.0781 e. The zero-order chi connectivity index (χ0) is 14.0. The zero-order valence-electron chi connectivity index (χ0n) is 11.3. The van der Waals surface area contributed by atoms with Gasteiger partial charge in [-0.1, -0.05) is 60.6 Å². The second-order valence-corrected chi connectivity index (χ2v) is 6.73. The Hall–Kier alpha value is 0.0500. The van der Waals surface area contributed by atoms with Crippen LogP contribution in [0.25, 0.3) is 0 Å². The molecule has 1 nitrogen and oxygen atoms in total. The van der Waals surface area contributed by atoms with Gasteiger partial charge in [0.15, 0.2) is 0 Å². The third-order valence-electron chi connectivity index (χ3n) is 4.26. The number of hydrogen-bond acceptors (Lipinski definition) is 1. The summed E-state index contributed by atoms with van der Waals surface area (Å²) in [5, 5.41) is 5.09. The summed E-state index contributed by atoms with van der Waals surface area (Å²) in [6.45, 7) is 5.50. The molecule has 0 spiro atoms. The molecule has 2 rings (SSSR count). The van der Waals surface area contributed by atoms with Crippen LogP contribution in [0.1, 0.15) is 44.7 Å². The van der Waals surface area contributed by atoms with Gasteiger partial charge in [0.25, 0.3) is 0 Å². The predicted molar refractivity (Wildman–Crippen MR) is 84.4 cm³/mol. The average molecular weight is 321 g/mol. The first kappa shape index (κ1) is 15.4. The van der Waals surface area contributed by atoms with Crippen molar-refractivity contribution in [1.82, 2.24) is 5.32 Å². The fraction of sp³-hybridized carbons (Fsp3) is 0.600. The van der Waals surface area contributed by atoms with Crippen LogP contribution in [-0.4, -0.2) is 6.54 Å². The molecule has 0 saturated heterocycles. The van der Waals surface area contributed by atoms with Gasteiger partial charge in [-0.25, -0.2) is 0 Å². The predicted octanol–water partition coefficient (Wildman–Crippen LogP) is 5.73. The Kier molecular flexibility index (Phi) is 5.42. The van der Waals surface area contributed by atoms with E-state index in [2.05, 4.69) is 19.2 Å². The molecule has 1 N–H and O–H groups in total. The van der Waals surface area contributed by atoms with Gasteiger partial charge >= 0.3 is 0 Å². The van der Waals surface area contributed by atoms with Crippen molar-refractivity contribution >= 4 is 34.8 Å². The van der Waals surface area contributed by atoms with E-state index in [0.29, 0.717) is 15.1 Å². The number of hydrogen-bond donors (Lipinski definition) is 1. The number of benzene rings is 1. The summed E-state index contributed by atoms with van der Waals surface area (Å²) < 4.78 is 0. The van der Waals surface area contributed by atoms with E-state index >= 15 is 0 Å². The monoisotopic (exact) mass is 319 g/mol. The van der Waals surface area contributed by atoms with Gasteiger partial charge in [-0.3, -0.25) is 0 Å². The van der Waals surface area contributed by atoms with Gasteiger partial charge < -0.3 is 5.32 Å². The lowest BCUT2D eigenvalue weighted by molar-refractivity contribution is 0.375. The minimum absolute atomic E-state index is 0.190. The van der Waals surface area contributed by atoms with Crippen molar-refractivity contribution in [3.8, 4) is 0 Å². The SMILES string of the molecule is CC(NCC1CCCC1C)c1ccc(Cl)c(Cl)c1Cl. The Labute approximate surface area is 130 Å². The van der Waals surface area contributed by atoms with Gasteiger partial charge in [0.05, 0.1) is 15.1 Å². The molecule has 1 aliphatic rings. The van der Waals surface area contributed by atoms with Gasteiger partial charge in [-0.15, -0.1) is 0 Å². The maximum atomic E-state index is 6.26. The molecule has 0 aromatic heterocycles. The van der Waals surface area contributed by atoms with Crippen LogP contribution in [0, 0.1) is 11.8 Å². The highest BCUT2D eigenvalue weighted by Gasteiger charge is 2.24. The summed E-state index contributed by atoms with van der Waals surface area (Å²) >= 11 is 18.3. The highest BCUT2D eigenvalue weighted by atomic mass is 35.5. The van der Waals surface area contributed by atoms with E-state index in [1.807, 2.05) is 12.1 Å². The van der Waals surface area contributed by atoms with Crippen LogP contribution in [0.15, 0.2) is 12.1 Å². The average Bonchev–Trinajstić information content (AvgIpc) is 2.79. The smallest absolute Gasteiger partial charge is 0.0781 e. The molecule has 0 bridgehead atoms. The quantitative estimate of drug-likeness (QED) is 0.698. The minimum atomic E-state index is 0.190. The molecule has 0 amide bonds. The van der Waals surface area contributed by atoms with Crippen molar-refractivity contribution in [2.75, 3.05) is 6.54 Å². The van der Waals surface area contributed by atoms with Crippen molar-refractivity contribution in [2.45, 2.75) is 39.2 Å². The van der Waals surface area contributed by atoms with E-state index in [1.54, 1.807) is 0 Å². The van der Waals surface area contributed by atoms with Crippen LogP contribution < -0.4 is 5.32 Å². The normalized spacial score (nSPS) is 24.7. The third kappa shape index (κ3) is 3.58. The van der Waals surface area contributed by atoms with Crippen molar-refractivity contribution in [3.63, 3.8) is 0 Å². The molecule has 1 aliphatic carbocycles. The molecule has 1 aromatic rings. The topological polar surface area (TPSA) is 12.0 Å². The molecular formula is C15H20Cl3N. The zero-order valence-corrected chi connectivity index (χ0v) is 13.6. The van der Waals surface area contributed by atoms with Gasteiger partial charge in [0.1, 0.15) is 0 Å². The van der Waals surface area contributed by atoms with Crippen molar-refractivity contribution < 1.29 is 0 Å². The van der Waals surface area contributed by atoms with Crippen LogP contribution in [0.3, 0.4) is 0 Å². The fourth-order valence-electron chi connectivity index (χ4n) is 2.84. The van der Waals surface area contributed by atoms with Crippen LogP contribution >= 0.6 is 34.8 Å². The highest BCUT2D eigenvalue weighted by Crippen LogP contribution is 2.36. The molecule has 0 aliphatic heterocycles. The van der Waals surface area contributed by atoms with Gasteiger partial charge in [-0.05, 0) is 43.4 Å². The molecule has 0 radical (unpaired) electrons. The summed E-state index contributed by atoms with van der Waals surface area (Å²) in [5.41, 5.74) is 1.02. The Balaban J connectivity index is 2.00. The molecule has 0 heterocycles. The van der Waals surface area contributed by atoms with Crippen molar-refractivity contribution in [3.05, 3.63) is 32.8 Å². The summed E-state index contributed by atoms with van der Waals surface area (Å²) in [7, 11) is 0. The molecule has 4 heteroatoms. The number of halogens is 3. The molecule has 3 unspecified atom stereocenters. The molecule has 19 heavy (non-hydrogen) atoms. The van der Waals surface area contributed by atoms with E-state index in [0.717, 1.165) is 23.9 Å². The lowest BCUT2D eigenvalue weighted by atomic mass is 9.97. The summed E-state index contributed by atoms with van der Waals surface area (Å²) in [6, 6.07) is 3.95. The van der Waals surface area contributed by atoms with E-state index in [1.165, 1.54) is 19.3 Å². The standard InChI is InChI=1S/C15H20Cl3N/c1-9-4-3-5-11(9)8-19-10(2)12-6-7-13(16)15(18)14(12)17/h6-7,9-11,19H,3-5,8H2,1-2H3. The summed E-state index contributed by atoms with van der Waals surface area (Å²) in [6.07, 6.45) is 4.04. The lowest BCUT2D eigenvalue weighted by Gasteiger charge is -2.21.